The van der Waals surface area contributed by atoms with Gasteiger partial charge in [0.2, 0.25) is 0 Å². The first-order chi connectivity index (χ1) is 4.54. The Morgan fingerprint density at radius 2 is 2.10 bits per heavy atom. The largest absolute Gasteiger partial charge is 0.457 e. The van der Waals surface area contributed by atoms with Gasteiger partial charge in [0.25, 0.3) is 0 Å². The van der Waals surface area contributed by atoms with Gasteiger partial charge in [-0.3, -0.25) is 9.59 Å². The van der Waals surface area contributed by atoms with Crippen LogP contribution in [0, 0.1) is 0 Å². The van der Waals surface area contributed by atoms with E-state index in [4.69, 9.17) is 11.6 Å². The molecule has 0 aliphatic heterocycles. The van der Waals surface area contributed by atoms with Crippen molar-refractivity contribution in [2.24, 2.45) is 0 Å². The van der Waals surface area contributed by atoms with Crippen molar-refractivity contribution in [3.05, 3.63) is 0 Å². The molecule has 0 saturated heterocycles. The van der Waals surface area contributed by atoms with Crippen LogP contribution in [0.25, 0.3) is 0 Å². The van der Waals surface area contributed by atoms with Crippen molar-refractivity contribution in [2.75, 3.05) is 6.61 Å². The Kier molecular flexibility index (Phi) is 4.03. The van der Waals surface area contributed by atoms with Crippen LogP contribution in [0.4, 0.5) is 0 Å². The number of halogens is 1. The predicted molar refractivity (Wildman–Crippen MR) is 37.0 cm³/mol. The normalized spacial score (nSPS) is 12.3. The van der Waals surface area contributed by atoms with E-state index in [1.54, 1.807) is 0 Å². The summed E-state index contributed by atoms with van der Waals surface area (Å²) in [7, 11) is 0. The standard InChI is InChI=1S/C6H9ClO3/c1-4(8)3-10-6(9)5(2)7/h5H,3H2,1-2H3. The maximum absolute atomic E-state index is 10.5. The summed E-state index contributed by atoms with van der Waals surface area (Å²) in [5.41, 5.74) is 0. The van der Waals surface area contributed by atoms with Gasteiger partial charge >= 0.3 is 5.97 Å². The average molecular weight is 165 g/mol. The minimum absolute atomic E-state index is 0.185. The summed E-state index contributed by atoms with van der Waals surface area (Å²) in [6.07, 6.45) is 0. The van der Waals surface area contributed by atoms with Crippen molar-refractivity contribution in [3.63, 3.8) is 0 Å². The molecule has 58 valence electrons. The summed E-state index contributed by atoms with van der Waals surface area (Å²) in [6.45, 7) is 2.64. The zero-order chi connectivity index (χ0) is 8.15. The van der Waals surface area contributed by atoms with E-state index < -0.39 is 11.3 Å². The molecule has 0 fully saturated rings. The Balaban J connectivity index is 3.50. The van der Waals surface area contributed by atoms with Crippen molar-refractivity contribution in [3.8, 4) is 0 Å². The number of hydrogen-bond donors (Lipinski definition) is 0. The molecule has 0 N–H and O–H groups in total. The van der Waals surface area contributed by atoms with Gasteiger partial charge in [-0.1, -0.05) is 0 Å². The molecule has 0 aromatic heterocycles. The van der Waals surface area contributed by atoms with E-state index in [2.05, 4.69) is 4.74 Å². The molecule has 4 heteroatoms. The third-order valence-electron chi connectivity index (χ3n) is 0.742. The highest BCUT2D eigenvalue weighted by Crippen LogP contribution is 1.95. The third kappa shape index (κ3) is 4.32. The van der Waals surface area contributed by atoms with Gasteiger partial charge in [0, 0.05) is 0 Å². The van der Waals surface area contributed by atoms with Crippen LogP contribution in [0.3, 0.4) is 0 Å². The van der Waals surface area contributed by atoms with E-state index in [-0.39, 0.29) is 12.4 Å². The van der Waals surface area contributed by atoms with Crippen LogP contribution < -0.4 is 0 Å². The molecule has 0 radical (unpaired) electrons. The molecular weight excluding hydrogens is 156 g/mol. The molecule has 10 heavy (non-hydrogen) atoms. The number of ketones is 1. The molecule has 0 amide bonds. The molecule has 1 atom stereocenters. The van der Waals surface area contributed by atoms with E-state index in [1.165, 1.54) is 13.8 Å². The summed E-state index contributed by atoms with van der Waals surface area (Å²) < 4.78 is 4.44. The Morgan fingerprint density at radius 1 is 1.60 bits per heavy atom. The Morgan fingerprint density at radius 3 is 2.40 bits per heavy atom. The number of Topliss-reactive ketones (excluding diaryl/α,β-unsaturated/α-hetero) is 1. The van der Waals surface area contributed by atoms with Crippen molar-refractivity contribution in [2.45, 2.75) is 19.2 Å². The molecule has 0 aliphatic carbocycles. The first kappa shape index (κ1) is 9.43. The van der Waals surface area contributed by atoms with Crippen LogP contribution >= 0.6 is 11.6 Å². The fourth-order valence-corrected chi connectivity index (χ4v) is 0.351. The fourth-order valence-electron chi connectivity index (χ4n) is 0.288. The second-order valence-electron chi connectivity index (χ2n) is 1.93. The number of hydrogen-bond acceptors (Lipinski definition) is 3. The quantitative estimate of drug-likeness (QED) is 0.457. The van der Waals surface area contributed by atoms with Crippen LogP contribution in [0.1, 0.15) is 13.8 Å². The molecule has 3 nitrogen and oxygen atoms in total. The average Bonchev–Trinajstić information content (AvgIpc) is 1.82. The predicted octanol–water partition coefficient (Wildman–Crippen LogP) is 0.746. The summed E-state index contributed by atoms with van der Waals surface area (Å²) >= 11 is 5.33. The molecule has 0 aromatic rings. The lowest BCUT2D eigenvalue weighted by atomic mass is 10.4. The smallest absolute Gasteiger partial charge is 0.324 e. The minimum Gasteiger partial charge on any atom is -0.457 e. The Bertz CT molecular complexity index is 142. The van der Waals surface area contributed by atoms with Crippen molar-refractivity contribution in [1.82, 2.24) is 0 Å². The van der Waals surface area contributed by atoms with Gasteiger partial charge in [-0.05, 0) is 13.8 Å². The van der Waals surface area contributed by atoms with E-state index in [9.17, 15) is 9.59 Å². The monoisotopic (exact) mass is 164 g/mol. The highest BCUT2D eigenvalue weighted by atomic mass is 35.5. The van der Waals surface area contributed by atoms with Gasteiger partial charge < -0.3 is 4.74 Å². The summed E-state index contributed by atoms with van der Waals surface area (Å²) in [5, 5.41) is -0.681. The van der Waals surface area contributed by atoms with Gasteiger partial charge in [0.05, 0.1) is 0 Å². The number of ether oxygens (including phenoxy) is 1. The second kappa shape index (κ2) is 4.28. The van der Waals surface area contributed by atoms with Gasteiger partial charge in [-0.2, -0.15) is 0 Å². The molecule has 0 spiro atoms. The Labute approximate surface area is 64.3 Å². The summed E-state index contributed by atoms with van der Waals surface area (Å²) in [6, 6.07) is 0. The topological polar surface area (TPSA) is 43.4 Å². The van der Waals surface area contributed by atoms with Crippen molar-refractivity contribution >= 4 is 23.4 Å². The number of carbonyl (C=O) groups is 2. The maximum atomic E-state index is 10.5. The van der Waals surface area contributed by atoms with Crippen molar-refractivity contribution in [1.29, 1.82) is 0 Å². The molecule has 0 rings (SSSR count). The first-order valence-electron chi connectivity index (χ1n) is 2.84. The third-order valence-corrected chi connectivity index (χ3v) is 0.921. The fraction of sp³-hybridized carbons (Fsp3) is 0.667. The lowest BCUT2D eigenvalue weighted by Gasteiger charge is -2.01. The molecule has 1 unspecified atom stereocenters. The highest BCUT2D eigenvalue weighted by Gasteiger charge is 2.10. The molecule has 0 bridgehead atoms. The molecule has 0 saturated carbocycles. The maximum Gasteiger partial charge on any atom is 0.324 e. The van der Waals surface area contributed by atoms with E-state index in [0.717, 1.165) is 0 Å². The zero-order valence-electron chi connectivity index (χ0n) is 5.89. The van der Waals surface area contributed by atoms with Crippen LogP contribution in [0.5, 0.6) is 0 Å². The Hall–Kier alpha value is -0.570. The lowest BCUT2D eigenvalue weighted by Crippen LogP contribution is -2.17. The summed E-state index contributed by atoms with van der Waals surface area (Å²) in [4.78, 5) is 20.8. The second-order valence-corrected chi connectivity index (χ2v) is 2.58. The van der Waals surface area contributed by atoms with E-state index in [0.29, 0.717) is 0 Å². The number of alkyl halides is 1. The van der Waals surface area contributed by atoms with Crippen LogP contribution in [-0.4, -0.2) is 23.7 Å². The zero-order valence-corrected chi connectivity index (χ0v) is 6.64. The van der Waals surface area contributed by atoms with Gasteiger partial charge in [0.1, 0.15) is 12.0 Å². The van der Waals surface area contributed by atoms with Gasteiger partial charge in [-0.15, -0.1) is 11.6 Å². The van der Waals surface area contributed by atoms with E-state index in [1.807, 2.05) is 0 Å². The molecule has 0 aliphatic rings. The molecule has 0 heterocycles. The molecular formula is C6H9ClO3. The minimum atomic E-state index is -0.681. The summed E-state index contributed by atoms with van der Waals surface area (Å²) in [5.74, 6) is -0.748. The van der Waals surface area contributed by atoms with Gasteiger partial charge in [-0.25, -0.2) is 0 Å². The SMILES string of the molecule is CC(=O)COC(=O)C(C)Cl. The lowest BCUT2D eigenvalue weighted by molar-refractivity contribution is -0.146. The number of esters is 1. The van der Waals surface area contributed by atoms with E-state index >= 15 is 0 Å². The van der Waals surface area contributed by atoms with Crippen molar-refractivity contribution < 1.29 is 14.3 Å². The van der Waals surface area contributed by atoms with Crippen LogP contribution in [0.15, 0.2) is 0 Å². The van der Waals surface area contributed by atoms with Crippen LogP contribution in [-0.2, 0) is 14.3 Å². The first-order valence-corrected chi connectivity index (χ1v) is 3.28. The van der Waals surface area contributed by atoms with Crippen LogP contribution in [0.2, 0.25) is 0 Å². The number of carbonyl (C=O) groups excluding carboxylic acids is 2. The van der Waals surface area contributed by atoms with Gasteiger partial charge in [0.15, 0.2) is 5.78 Å². The molecule has 0 aromatic carbocycles. The number of rotatable bonds is 3. The highest BCUT2D eigenvalue weighted by molar-refractivity contribution is 6.29.